The second-order valence-corrected chi connectivity index (χ2v) is 15.3. The summed E-state index contributed by atoms with van der Waals surface area (Å²) in [5.74, 6) is -1.47. The maximum absolute atomic E-state index is 13.9. The predicted octanol–water partition coefficient (Wildman–Crippen LogP) is 3.96. The van der Waals surface area contributed by atoms with E-state index in [9.17, 15) is 32.6 Å². The number of carbonyl (C=O) groups is 2. The Morgan fingerprint density at radius 1 is 0.980 bits per heavy atom. The molecule has 268 valence electrons. The summed E-state index contributed by atoms with van der Waals surface area (Å²) >= 11 is 0. The van der Waals surface area contributed by atoms with E-state index in [0.29, 0.717) is 17.7 Å². The van der Waals surface area contributed by atoms with Crippen LogP contribution in [-0.2, 0) is 28.6 Å². The molecule has 0 saturated carbocycles. The smallest absolute Gasteiger partial charge is 0.251 e. The Bertz CT molecular complexity index is 1880. The Hall–Kier alpha value is -4.66. The molecule has 14 heteroatoms. The average molecular weight is 709 g/mol. The minimum atomic E-state index is -3.78. The summed E-state index contributed by atoms with van der Waals surface area (Å²) in [7, 11) is -2.47. The number of nitrogens with one attached hydrogen (secondary N) is 2. The number of carbonyl (C=O) groups excluding carboxylic acids is 2. The lowest BCUT2D eigenvalue weighted by molar-refractivity contribution is 0.0304. The highest BCUT2D eigenvalue weighted by molar-refractivity contribution is 7.92. The third-order valence-corrected chi connectivity index (χ3v) is 9.58. The number of amides is 2. The van der Waals surface area contributed by atoms with E-state index in [0.717, 1.165) is 16.1 Å². The van der Waals surface area contributed by atoms with Crippen molar-refractivity contribution in [2.45, 2.75) is 70.9 Å². The fraction of sp³-hybridized carbons (Fsp3) is 0.389. The van der Waals surface area contributed by atoms with Gasteiger partial charge in [0.15, 0.2) is 0 Å². The number of rotatable bonds is 15. The van der Waals surface area contributed by atoms with Gasteiger partial charge < -0.3 is 20.8 Å². The molecule has 50 heavy (non-hydrogen) atoms. The number of hydrogen-bond acceptors (Lipinski definition) is 8. The zero-order valence-electron chi connectivity index (χ0n) is 29.0. The van der Waals surface area contributed by atoms with Crippen molar-refractivity contribution < 1.29 is 32.6 Å². The van der Waals surface area contributed by atoms with Gasteiger partial charge in [0.25, 0.3) is 11.8 Å². The van der Waals surface area contributed by atoms with Crippen LogP contribution in [0.3, 0.4) is 0 Å². The van der Waals surface area contributed by atoms with E-state index in [-0.39, 0.29) is 35.7 Å². The SMILES string of the molecule is CC(C)CC(C)(O)c1cn(C[C@H](O)[C@H](Cc2ccccc2)NC(=O)c2cc(C(=O)N[C@H](C)c3ccc(F)cc3)cc(N(C)S(C)(=O)=O)c2)nn1. The molecule has 1 unspecified atom stereocenters. The highest BCUT2D eigenvalue weighted by Gasteiger charge is 2.30. The van der Waals surface area contributed by atoms with Crippen molar-refractivity contribution in [1.29, 1.82) is 0 Å². The Balaban J connectivity index is 1.63. The zero-order chi connectivity index (χ0) is 36.8. The van der Waals surface area contributed by atoms with Crippen LogP contribution in [0.4, 0.5) is 10.1 Å². The molecule has 0 aliphatic heterocycles. The summed E-state index contributed by atoms with van der Waals surface area (Å²) in [6, 6.07) is 17.5. The fourth-order valence-electron chi connectivity index (χ4n) is 5.62. The molecule has 3 aromatic carbocycles. The number of aromatic nitrogens is 3. The number of sulfonamides is 1. The number of nitrogens with zero attached hydrogens (tertiary/aromatic N) is 4. The summed E-state index contributed by atoms with van der Waals surface area (Å²) in [5.41, 5.74) is 0.674. The molecule has 0 spiro atoms. The maximum Gasteiger partial charge on any atom is 0.251 e. The first-order valence-corrected chi connectivity index (χ1v) is 18.1. The molecule has 0 aliphatic carbocycles. The van der Waals surface area contributed by atoms with Gasteiger partial charge in [-0.15, -0.1) is 5.10 Å². The van der Waals surface area contributed by atoms with E-state index in [1.807, 2.05) is 44.2 Å². The van der Waals surface area contributed by atoms with E-state index >= 15 is 0 Å². The molecule has 4 aromatic rings. The van der Waals surface area contributed by atoms with Gasteiger partial charge in [0.1, 0.15) is 17.1 Å². The quantitative estimate of drug-likeness (QED) is 0.144. The van der Waals surface area contributed by atoms with Crippen LogP contribution in [0.25, 0.3) is 0 Å². The van der Waals surface area contributed by atoms with Crippen molar-refractivity contribution in [3.05, 3.63) is 113 Å². The van der Waals surface area contributed by atoms with Crippen molar-refractivity contribution in [1.82, 2.24) is 25.6 Å². The molecule has 1 aromatic heterocycles. The third-order valence-electron chi connectivity index (χ3n) is 8.37. The van der Waals surface area contributed by atoms with Gasteiger partial charge in [-0.3, -0.25) is 13.9 Å². The van der Waals surface area contributed by atoms with Crippen molar-refractivity contribution in [2.24, 2.45) is 5.92 Å². The Labute approximate surface area is 292 Å². The number of benzene rings is 3. The molecule has 0 radical (unpaired) electrons. The third kappa shape index (κ3) is 10.2. The van der Waals surface area contributed by atoms with Crippen LogP contribution in [0.1, 0.15) is 77.7 Å². The number of halogens is 1. The Kier molecular flexibility index (Phi) is 12.1. The Morgan fingerprint density at radius 3 is 2.16 bits per heavy atom. The molecular formula is C36H45FN6O6S. The number of anilines is 1. The zero-order valence-corrected chi connectivity index (χ0v) is 29.9. The molecule has 4 N–H and O–H groups in total. The van der Waals surface area contributed by atoms with Gasteiger partial charge in [0, 0.05) is 18.2 Å². The minimum absolute atomic E-state index is 0.0147. The first-order valence-electron chi connectivity index (χ1n) is 16.2. The average Bonchev–Trinajstić information content (AvgIpc) is 3.53. The second-order valence-electron chi connectivity index (χ2n) is 13.3. The van der Waals surface area contributed by atoms with Gasteiger partial charge in [-0.25, -0.2) is 17.5 Å². The van der Waals surface area contributed by atoms with E-state index in [1.165, 1.54) is 42.1 Å². The Morgan fingerprint density at radius 2 is 1.58 bits per heavy atom. The van der Waals surface area contributed by atoms with Gasteiger partial charge in [0.05, 0.1) is 42.9 Å². The monoisotopic (exact) mass is 708 g/mol. The summed E-state index contributed by atoms with van der Waals surface area (Å²) in [6.45, 7) is 7.28. The van der Waals surface area contributed by atoms with Gasteiger partial charge in [-0.05, 0) is 74.1 Å². The van der Waals surface area contributed by atoms with Crippen molar-refractivity contribution in [2.75, 3.05) is 17.6 Å². The van der Waals surface area contributed by atoms with E-state index < -0.39 is 51.4 Å². The topological polar surface area (TPSA) is 167 Å². The predicted molar refractivity (Wildman–Crippen MR) is 188 cm³/mol. The van der Waals surface area contributed by atoms with Crippen LogP contribution >= 0.6 is 0 Å². The van der Waals surface area contributed by atoms with Crippen LogP contribution < -0.4 is 14.9 Å². The van der Waals surface area contributed by atoms with Crippen molar-refractivity contribution in [3.8, 4) is 0 Å². The van der Waals surface area contributed by atoms with Gasteiger partial charge in [-0.2, -0.15) is 0 Å². The molecule has 0 saturated heterocycles. The summed E-state index contributed by atoms with van der Waals surface area (Å²) in [4.78, 5) is 27.3. The first-order chi connectivity index (χ1) is 23.4. The largest absolute Gasteiger partial charge is 0.389 e. The molecular weight excluding hydrogens is 663 g/mol. The summed E-state index contributed by atoms with van der Waals surface area (Å²) < 4.78 is 40.8. The van der Waals surface area contributed by atoms with E-state index in [1.54, 1.807) is 32.2 Å². The number of aliphatic hydroxyl groups excluding tert-OH is 1. The van der Waals surface area contributed by atoms with Crippen LogP contribution in [0.5, 0.6) is 0 Å². The lowest BCUT2D eigenvalue weighted by Gasteiger charge is -2.25. The molecule has 1 heterocycles. The van der Waals surface area contributed by atoms with Gasteiger partial charge >= 0.3 is 0 Å². The molecule has 0 aliphatic rings. The molecule has 0 bridgehead atoms. The number of hydrogen-bond donors (Lipinski definition) is 4. The van der Waals surface area contributed by atoms with Crippen LogP contribution in [0.2, 0.25) is 0 Å². The number of aliphatic hydroxyl groups is 2. The normalized spacial score (nSPS) is 14.8. The lowest BCUT2D eigenvalue weighted by atomic mass is 9.92. The van der Waals surface area contributed by atoms with Crippen LogP contribution in [0.15, 0.2) is 79.0 Å². The fourth-order valence-corrected chi connectivity index (χ4v) is 6.11. The summed E-state index contributed by atoms with van der Waals surface area (Å²) in [6.07, 6.45) is 2.07. The molecule has 4 rings (SSSR count). The van der Waals surface area contributed by atoms with Gasteiger partial charge in [-0.1, -0.05) is 61.5 Å². The van der Waals surface area contributed by atoms with E-state index in [4.69, 9.17) is 0 Å². The molecule has 4 atom stereocenters. The molecule has 0 fully saturated rings. The highest BCUT2D eigenvalue weighted by atomic mass is 32.2. The van der Waals surface area contributed by atoms with E-state index in [2.05, 4.69) is 20.9 Å². The molecule has 12 nitrogen and oxygen atoms in total. The lowest BCUT2D eigenvalue weighted by Crippen LogP contribution is -2.46. The highest BCUT2D eigenvalue weighted by Crippen LogP contribution is 2.26. The van der Waals surface area contributed by atoms with Crippen molar-refractivity contribution >= 4 is 27.5 Å². The van der Waals surface area contributed by atoms with Crippen LogP contribution in [-0.4, -0.2) is 70.9 Å². The first kappa shape index (κ1) is 38.1. The minimum Gasteiger partial charge on any atom is -0.389 e. The van der Waals surface area contributed by atoms with Gasteiger partial charge in [0.2, 0.25) is 10.0 Å². The summed E-state index contributed by atoms with van der Waals surface area (Å²) in [5, 5.41) is 36.3. The second kappa shape index (κ2) is 15.9. The van der Waals surface area contributed by atoms with Crippen LogP contribution in [0, 0.1) is 11.7 Å². The molecule has 2 amide bonds. The standard InChI is InChI=1S/C36H45FN6O6S/c1-23(2)20-36(4,47)33-22-43(41-40-33)21-32(44)31(16-25-10-8-7-9-11-25)39-35(46)28-17-27(18-30(19-28)42(5)50(6,48)49)34(45)38-24(3)26-12-14-29(37)15-13-26/h7-15,17-19,22-24,31-32,44,47H,16,20-21H2,1-6H3,(H,38,45)(H,39,46)/t24-,31+,32+,36?/m1/s1. The van der Waals surface area contributed by atoms with Crippen molar-refractivity contribution in [3.63, 3.8) is 0 Å². The maximum atomic E-state index is 13.9.